The summed E-state index contributed by atoms with van der Waals surface area (Å²) in [6.07, 6.45) is -0.500. The number of aliphatic hydroxyl groups is 1. The standard InChI is InChI=1S/C11H16N2O2/c1-7(2)10(14)8-3-5-9(6-4-8)11(15)13-12/h3-7,10,14H,12H2,1-2H3,(H,13,15). The van der Waals surface area contributed by atoms with E-state index in [4.69, 9.17) is 5.84 Å². The van der Waals surface area contributed by atoms with Crippen molar-refractivity contribution >= 4 is 5.91 Å². The van der Waals surface area contributed by atoms with E-state index in [1.165, 1.54) is 0 Å². The summed E-state index contributed by atoms with van der Waals surface area (Å²) in [5, 5.41) is 9.76. The Hall–Kier alpha value is -1.39. The number of hydrogen-bond acceptors (Lipinski definition) is 3. The maximum Gasteiger partial charge on any atom is 0.265 e. The molecule has 0 fully saturated rings. The highest BCUT2D eigenvalue weighted by molar-refractivity contribution is 5.93. The molecule has 0 aromatic heterocycles. The molecule has 1 aromatic rings. The number of carbonyl (C=O) groups excluding carboxylic acids is 1. The quantitative estimate of drug-likeness (QED) is 0.394. The van der Waals surface area contributed by atoms with E-state index in [1.54, 1.807) is 24.3 Å². The van der Waals surface area contributed by atoms with Crippen LogP contribution in [0.2, 0.25) is 0 Å². The second-order valence-electron chi connectivity index (χ2n) is 3.78. The summed E-state index contributed by atoms with van der Waals surface area (Å²) in [6, 6.07) is 6.75. The van der Waals surface area contributed by atoms with E-state index in [0.717, 1.165) is 5.56 Å². The van der Waals surface area contributed by atoms with Crippen molar-refractivity contribution < 1.29 is 9.90 Å². The number of aliphatic hydroxyl groups excluding tert-OH is 1. The van der Waals surface area contributed by atoms with E-state index >= 15 is 0 Å². The molecule has 1 atom stereocenters. The predicted octanol–water partition coefficient (Wildman–Crippen LogP) is 0.980. The third kappa shape index (κ3) is 2.78. The first kappa shape index (κ1) is 11.7. The number of nitrogens with two attached hydrogens (primary N) is 1. The Labute approximate surface area is 89.1 Å². The summed E-state index contributed by atoms with van der Waals surface area (Å²) in [6.45, 7) is 3.87. The number of carbonyl (C=O) groups is 1. The summed E-state index contributed by atoms with van der Waals surface area (Å²) in [5.74, 6) is 4.82. The van der Waals surface area contributed by atoms with Crippen LogP contribution in [0, 0.1) is 5.92 Å². The van der Waals surface area contributed by atoms with Gasteiger partial charge in [0.25, 0.3) is 5.91 Å². The lowest BCUT2D eigenvalue weighted by atomic mass is 9.98. The number of rotatable bonds is 3. The van der Waals surface area contributed by atoms with Crippen LogP contribution in [0.1, 0.15) is 35.9 Å². The zero-order chi connectivity index (χ0) is 11.4. The van der Waals surface area contributed by atoms with Gasteiger partial charge in [-0.1, -0.05) is 26.0 Å². The lowest BCUT2D eigenvalue weighted by Gasteiger charge is -2.14. The van der Waals surface area contributed by atoms with E-state index in [2.05, 4.69) is 5.43 Å². The van der Waals surface area contributed by atoms with Crippen molar-refractivity contribution in [2.24, 2.45) is 11.8 Å². The second-order valence-corrected chi connectivity index (χ2v) is 3.78. The predicted molar refractivity (Wildman–Crippen MR) is 57.9 cm³/mol. The van der Waals surface area contributed by atoms with E-state index in [0.29, 0.717) is 5.56 Å². The lowest BCUT2D eigenvalue weighted by molar-refractivity contribution is 0.0953. The van der Waals surface area contributed by atoms with Gasteiger partial charge in [0.05, 0.1) is 6.10 Å². The Morgan fingerprint density at radius 3 is 2.27 bits per heavy atom. The van der Waals surface area contributed by atoms with Crippen molar-refractivity contribution in [3.05, 3.63) is 35.4 Å². The van der Waals surface area contributed by atoms with E-state index in [-0.39, 0.29) is 11.8 Å². The Balaban J connectivity index is 2.85. The van der Waals surface area contributed by atoms with Gasteiger partial charge in [0.1, 0.15) is 0 Å². The summed E-state index contributed by atoms with van der Waals surface area (Å²) in [5.41, 5.74) is 3.34. The van der Waals surface area contributed by atoms with Gasteiger partial charge in [-0.05, 0) is 23.6 Å². The summed E-state index contributed by atoms with van der Waals surface area (Å²) < 4.78 is 0. The molecule has 4 nitrogen and oxygen atoms in total. The Morgan fingerprint density at radius 1 is 1.33 bits per heavy atom. The maximum absolute atomic E-state index is 11.1. The molecule has 1 aromatic carbocycles. The van der Waals surface area contributed by atoms with Crippen LogP contribution in [0.5, 0.6) is 0 Å². The van der Waals surface area contributed by atoms with E-state index in [9.17, 15) is 9.90 Å². The third-order valence-corrected chi connectivity index (χ3v) is 2.28. The van der Waals surface area contributed by atoms with Crippen molar-refractivity contribution in [3.8, 4) is 0 Å². The van der Waals surface area contributed by atoms with E-state index < -0.39 is 6.10 Å². The molecule has 0 radical (unpaired) electrons. The molecule has 0 saturated heterocycles. The highest BCUT2D eigenvalue weighted by Crippen LogP contribution is 2.21. The van der Waals surface area contributed by atoms with Gasteiger partial charge in [0.2, 0.25) is 0 Å². The van der Waals surface area contributed by atoms with Crippen molar-refractivity contribution in [1.82, 2.24) is 5.43 Å². The van der Waals surface area contributed by atoms with Crippen molar-refractivity contribution in [2.45, 2.75) is 20.0 Å². The molecule has 0 saturated carbocycles. The van der Waals surface area contributed by atoms with Crippen LogP contribution in [0.3, 0.4) is 0 Å². The normalized spacial score (nSPS) is 12.6. The smallest absolute Gasteiger partial charge is 0.265 e. The molecule has 0 aliphatic rings. The summed E-state index contributed by atoms with van der Waals surface area (Å²) in [7, 11) is 0. The number of hydrogen-bond donors (Lipinski definition) is 3. The van der Waals surface area contributed by atoms with Gasteiger partial charge < -0.3 is 5.11 Å². The van der Waals surface area contributed by atoms with Crippen LogP contribution in [0.15, 0.2) is 24.3 Å². The van der Waals surface area contributed by atoms with E-state index in [1.807, 2.05) is 13.8 Å². The summed E-state index contributed by atoms with van der Waals surface area (Å²) in [4.78, 5) is 11.1. The van der Waals surface area contributed by atoms with Gasteiger partial charge in [0, 0.05) is 5.56 Å². The molecular weight excluding hydrogens is 192 g/mol. The minimum atomic E-state index is -0.500. The molecule has 0 aliphatic heterocycles. The maximum atomic E-state index is 11.1. The third-order valence-electron chi connectivity index (χ3n) is 2.28. The van der Waals surface area contributed by atoms with Crippen LogP contribution in [-0.2, 0) is 0 Å². The first-order valence-corrected chi connectivity index (χ1v) is 4.85. The molecule has 15 heavy (non-hydrogen) atoms. The minimum absolute atomic E-state index is 0.152. The Kier molecular flexibility index (Phi) is 3.82. The highest BCUT2D eigenvalue weighted by Gasteiger charge is 2.12. The Morgan fingerprint density at radius 2 is 1.87 bits per heavy atom. The second kappa shape index (κ2) is 4.91. The number of hydrazine groups is 1. The molecular formula is C11H16N2O2. The van der Waals surface area contributed by atoms with Crippen LogP contribution < -0.4 is 11.3 Å². The first-order valence-electron chi connectivity index (χ1n) is 4.85. The van der Waals surface area contributed by atoms with Gasteiger partial charge in [-0.25, -0.2) is 5.84 Å². The molecule has 4 N–H and O–H groups in total. The molecule has 1 unspecified atom stereocenters. The molecule has 1 amide bonds. The highest BCUT2D eigenvalue weighted by atomic mass is 16.3. The fraction of sp³-hybridized carbons (Fsp3) is 0.364. The number of benzene rings is 1. The van der Waals surface area contributed by atoms with Gasteiger partial charge in [-0.3, -0.25) is 10.2 Å². The average Bonchev–Trinajstić information content (AvgIpc) is 2.27. The monoisotopic (exact) mass is 208 g/mol. The molecule has 0 bridgehead atoms. The van der Waals surface area contributed by atoms with Crippen LogP contribution >= 0.6 is 0 Å². The molecule has 4 heteroatoms. The SMILES string of the molecule is CC(C)C(O)c1ccc(C(=O)NN)cc1. The molecule has 0 aliphatic carbocycles. The zero-order valence-corrected chi connectivity index (χ0v) is 8.90. The molecule has 1 rings (SSSR count). The topological polar surface area (TPSA) is 75.3 Å². The molecule has 0 heterocycles. The van der Waals surface area contributed by atoms with Crippen molar-refractivity contribution in [3.63, 3.8) is 0 Å². The van der Waals surface area contributed by atoms with Crippen molar-refractivity contribution in [2.75, 3.05) is 0 Å². The van der Waals surface area contributed by atoms with Gasteiger partial charge in [-0.2, -0.15) is 0 Å². The van der Waals surface area contributed by atoms with Crippen molar-refractivity contribution in [1.29, 1.82) is 0 Å². The minimum Gasteiger partial charge on any atom is -0.388 e. The summed E-state index contributed by atoms with van der Waals surface area (Å²) >= 11 is 0. The van der Waals surface area contributed by atoms with Crippen LogP contribution in [0.25, 0.3) is 0 Å². The number of nitrogens with one attached hydrogen (secondary N) is 1. The van der Waals surface area contributed by atoms with Gasteiger partial charge in [0.15, 0.2) is 0 Å². The zero-order valence-electron chi connectivity index (χ0n) is 8.90. The number of amides is 1. The average molecular weight is 208 g/mol. The van der Waals surface area contributed by atoms with Gasteiger partial charge >= 0.3 is 0 Å². The van der Waals surface area contributed by atoms with Crippen LogP contribution in [0.4, 0.5) is 0 Å². The number of nitrogen functional groups attached to an aromatic ring is 1. The largest absolute Gasteiger partial charge is 0.388 e. The fourth-order valence-electron chi connectivity index (χ4n) is 1.30. The van der Waals surface area contributed by atoms with Crippen LogP contribution in [-0.4, -0.2) is 11.0 Å². The van der Waals surface area contributed by atoms with Gasteiger partial charge in [-0.15, -0.1) is 0 Å². The fourth-order valence-corrected chi connectivity index (χ4v) is 1.30. The molecule has 0 spiro atoms. The lowest BCUT2D eigenvalue weighted by Crippen LogP contribution is -2.29. The Bertz CT molecular complexity index is 333. The first-order chi connectivity index (χ1) is 7.06. The molecule has 82 valence electrons.